The van der Waals surface area contributed by atoms with Crippen LogP contribution in [0.25, 0.3) is 0 Å². The Bertz CT molecular complexity index is 1300. The van der Waals surface area contributed by atoms with Crippen LogP contribution in [-0.4, -0.2) is 39.0 Å². The maximum absolute atomic E-state index is 12.3. The van der Waals surface area contributed by atoms with E-state index < -0.39 is 35.9 Å². The number of hydrogen-bond donors (Lipinski definition) is 2. The summed E-state index contributed by atoms with van der Waals surface area (Å²) in [6.07, 6.45) is 0. The molecule has 2 N–H and O–H groups in total. The van der Waals surface area contributed by atoms with E-state index in [2.05, 4.69) is 4.90 Å². The van der Waals surface area contributed by atoms with E-state index in [0.717, 1.165) is 42.0 Å². The normalized spacial score (nSPS) is 13.0. The highest BCUT2D eigenvalue weighted by Crippen LogP contribution is 2.40. The molecule has 3 aromatic carbocycles. The minimum atomic E-state index is -4.81. The van der Waals surface area contributed by atoms with E-state index in [-0.39, 0.29) is 5.56 Å². The lowest BCUT2D eigenvalue weighted by Crippen LogP contribution is -2.24. The van der Waals surface area contributed by atoms with Crippen LogP contribution in [0.2, 0.25) is 0 Å². The zero-order valence-corrected chi connectivity index (χ0v) is 19.3. The third kappa shape index (κ3) is 5.02. The fourth-order valence-corrected chi connectivity index (χ4v) is 5.23. The van der Waals surface area contributed by atoms with Gasteiger partial charge in [-0.2, -0.15) is 16.8 Å². The van der Waals surface area contributed by atoms with Gasteiger partial charge in [0.25, 0.3) is 20.2 Å². The van der Waals surface area contributed by atoms with Gasteiger partial charge in [0.2, 0.25) is 0 Å². The van der Waals surface area contributed by atoms with Gasteiger partial charge in [-0.15, -0.1) is 0 Å². The molecule has 1 atom stereocenters. The van der Waals surface area contributed by atoms with Gasteiger partial charge in [0.05, 0.1) is 9.79 Å². The SMILES string of the molecule is CCN(CC)c1ccccc1C(c1ccccc1)c1ccc(S(=O)(=O)O)cc1S(=O)(=O)O. The number of anilines is 1. The van der Waals surface area contributed by atoms with Crippen molar-refractivity contribution in [1.29, 1.82) is 0 Å². The molecule has 0 aliphatic rings. The fourth-order valence-electron chi connectivity index (χ4n) is 3.89. The summed E-state index contributed by atoms with van der Waals surface area (Å²) in [6, 6.07) is 20.0. The van der Waals surface area contributed by atoms with Gasteiger partial charge in [-0.05, 0) is 48.7 Å². The van der Waals surface area contributed by atoms with Crippen LogP contribution < -0.4 is 4.90 Å². The third-order valence-corrected chi connectivity index (χ3v) is 7.12. The maximum Gasteiger partial charge on any atom is 0.294 e. The number of nitrogens with zero attached hydrogens (tertiary/aromatic N) is 1. The predicted octanol–water partition coefficient (Wildman–Crippen LogP) is 4.21. The van der Waals surface area contributed by atoms with Crippen molar-refractivity contribution < 1.29 is 25.9 Å². The van der Waals surface area contributed by atoms with Gasteiger partial charge in [0.1, 0.15) is 0 Å². The Morgan fingerprint density at radius 2 is 1.34 bits per heavy atom. The van der Waals surface area contributed by atoms with Crippen LogP contribution in [0.5, 0.6) is 0 Å². The van der Waals surface area contributed by atoms with E-state index in [0.29, 0.717) is 0 Å². The fraction of sp³-hybridized carbons (Fsp3) is 0.217. The van der Waals surface area contributed by atoms with Crippen molar-refractivity contribution in [3.05, 3.63) is 89.5 Å². The molecule has 0 amide bonds. The molecule has 32 heavy (non-hydrogen) atoms. The van der Waals surface area contributed by atoms with Gasteiger partial charge in [-0.25, -0.2) is 0 Å². The van der Waals surface area contributed by atoms with Gasteiger partial charge < -0.3 is 4.90 Å². The molecule has 0 aromatic heterocycles. The molecule has 0 bridgehead atoms. The molecular formula is C23H25NO6S2. The molecule has 7 nitrogen and oxygen atoms in total. The van der Waals surface area contributed by atoms with Crippen molar-refractivity contribution in [3.8, 4) is 0 Å². The van der Waals surface area contributed by atoms with Crippen LogP contribution in [0.1, 0.15) is 36.5 Å². The van der Waals surface area contributed by atoms with Crippen molar-refractivity contribution in [2.75, 3.05) is 18.0 Å². The first-order chi connectivity index (χ1) is 15.1. The molecule has 1 unspecified atom stereocenters. The zero-order chi connectivity index (χ0) is 23.5. The molecule has 0 saturated carbocycles. The van der Waals surface area contributed by atoms with E-state index >= 15 is 0 Å². The van der Waals surface area contributed by atoms with Crippen molar-refractivity contribution in [3.63, 3.8) is 0 Å². The first-order valence-electron chi connectivity index (χ1n) is 10.1. The first kappa shape index (κ1) is 23.9. The predicted molar refractivity (Wildman–Crippen MR) is 123 cm³/mol. The molecular weight excluding hydrogens is 450 g/mol. The quantitative estimate of drug-likeness (QED) is 0.371. The van der Waals surface area contributed by atoms with E-state index in [1.807, 2.05) is 68.4 Å². The zero-order valence-electron chi connectivity index (χ0n) is 17.7. The highest BCUT2D eigenvalue weighted by atomic mass is 32.2. The molecule has 170 valence electrons. The number of benzene rings is 3. The summed E-state index contributed by atoms with van der Waals surface area (Å²) in [4.78, 5) is 0.943. The Morgan fingerprint density at radius 3 is 1.91 bits per heavy atom. The molecule has 3 aromatic rings. The monoisotopic (exact) mass is 475 g/mol. The molecule has 0 radical (unpaired) electrons. The van der Waals surface area contributed by atoms with Crippen LogP contribution >= 0.6 is 0 Å². The Hall–Kier alpha value is -2.72. The summed E-state index contributed by atoms with van der Waals surface area (Å²) >= 11 is 0. The summed E-state index contributed by atoms with van der Waals surface area (Å²) in [5.41, 5.74) is 2.65. The second-order valence-electron chi connectivity index (χ2n) is 7.22. The summed E-state index contributed by atoms with van der Waals surface area (Å²) in [7, 11) is -9.48. The van der Waals surface area contributed by atoms with E-state index in [9.17, 15) is 25.9 Å². The van der Waals surface area contributed by atoms with Crippen LogP contribution in [-0.2, 0) is 20.2 Å². The molecule has 3 rings (SSSR count). The van der Waals surface area contributed by atoms with Crippen LogP contribution in [0.4, 0.5) is 5.69 Å². The highest BCUT2D eigenvalue weighted by Gasteiger charge is 2.29. The van der Waals surface area contributed by atoms with Gasteiger partial charge in [-0.1, -0.05) is 54.6 Å². The lowest BCUT2D eigenvalue weighted by Gasteiger charge is -2.29. The lowest BCUT2D eigenvalue weighted by molar-refractivity contribution is 0.480. The third-order valence-electron chi connectivity index (χ3n) is 5.36. The van der Waals surface area contributed by atoms with Gasteiger partial charge >= 0.3 is 0 Å². The van der Waals surface area contributed by atoms with E-state index in [4.69, 9.17) is 0 Å². The minimum Gasteiger partial charge on any atom is -0.372 e. The van der Waals surface area contributed by atoms with Gasteiger partial charge in [-0.3, -0.25) is 9.11 Å². The Balaban J connectivity index is 2.39. The average molecular weight is 476 g/mol. The lowest BCUT2D eigenvalue weighted by atomic mass is 9.84. The molecule has 0 aliphatic carbocycles. The highest BCUT2D eigenvalue weighted by molar-refractivity contribution is 7.86. The van der Waals surface area contributed by atoms with Crippen LogP contribution in [0.3, 0.4) is 0 Å². The van der Waals surface area contributed by atoms with Crippen LogP contribution in [0, 0.1) is 0 Å². The summed E-state index contributed by atoms with van der Waals surface area (Å²) in [5.74, 6) is -0.625. The van der Waals surface area contributed by atoms with Crippen LogP contribution in [0.15, 0.2) is 82.6 Å². The second kappa shape index (κ2) is 9.41. The summed E-state index contributed by atoms with van der Waals surface area (Å²) < 4.78 is 67.2. The number of rotatable bonds is 8. The molecule has 0 heterocycles. The van der Waals surface area contributed by atoms with E-state index in [1.165, 1.54) is 6.07 Å². The molecule has 0 spiro atoms. The summed E-state index contributed by atoms with van der Waals surface area (Å²) in [5, 5.41) is 0. The van der Waals surface area contributed by atoms with Gasteiger partial charge in [0, 0.05) is 24.7 Å². The number of hydrogen-bond acceptors (Lipinski definition) is 5. The summed E-state index contributed by atoms with van der Waals surface area (Å²) in [6.45, 7) is 5.48. The largest absolute Gasteiger partial charge is 0.372 e. The maximum atomic E-state index is 12.3. The van der Waals surface area contributed by atoms with Gasteiger partial charge in [0.15, 0.2) is 0 Å². The Kier molecular flexibility index (Phi) is 7.04. The Labute approximate surface area is 188 Å². The first-order valence-corrected chi connectivity index (χ1v) is 12.9. The van der Waals surface area contributed by atoms with E-state index in [1.54, 1.807) is 0 Å². The Morgan fingerprint density at radius 1 is 0.750 bits per heavy atom. The second-order valence-corrected chi connectivity index (χ2v) is 10.0. The number of para-hydroxylation sites is 1. The average Bonchev–Trinajstić information content (AvgIpc) is 2.75. The molecule has 0 saturated heterocycles. The molecule has 9 heteroatoms. The smallest absolute Gasteiger partial charge is 0.294 e. The topological polar surface area (TPSA) is 112 Å². The molecule has 0 fully saturated rings. The van der Waals surface area contributed by atoms with Crippen molar-refractivity contribution in [2.24, 2.45) is 0 Å². The van der Waals surface area contributed by atoms with Crippen molar-refractivity contribution in [1.82, 2.24) is 0 Å². The minimum absolute atomic E-state index is 0.200. The standard InChI is InChI=1S/C23H25NO6S2/c1-3-24(4-2)21-13-9-8-12-19(21)23(17-10-6-5-7-11-17)20-15-14-18(31(25,26)27)16-22(20)32(28,29)30/h5-16,23H,3-4H2,1-2H3,(H,25,26,27)(H,28,29,30). The van der Waals surface area contributed by atoms with Crippen molar-refractivity contribution in [2.45, 2.75) is 29.6 Å². The molecule has 0 aliphatic heterocycles. The van der Waals surface area contributed by atoms with Crippen molar-refractivity contribution >= 4 is 25.9 Å².